The number of methoxy groups -OCH3 is 1. The Hall–Kier alpha value is -2.16. The van der Waals surface area contributed by atoms with E-state index in [2.05, 4.69) is 29.1 Å². The predicted octanol–water partition coefficient (Wildman–Crippen LogP) is 1.90. The monoisotopic (exact) mass is 338 g/mol. The van der Waals surface area contributed by atoms with Crippen molar-refractivity contribution in [2.45, 2.75) is 26.7 Å². The fraction of sp³-hybridized carbons (Fsp3) is 0.733. The van der Waals surface area contributed by atoms with E-state index < -0.39 is 4.92 Å². The lowest BCUT2D eigenvalue weighted by Crippen LogP contribution is -2.39. The first-order chi connectivity index (χ1) is 11.4. The van der Waals surface area contributed by atoms with E-state index in [0.29, 0.717) is 36.8 Å². The van der Waals surface area contributed by atoms with Gasteiger partial charge in [0.15, 0.2) is 0 Å². The van der Waals surface area contributed by atoms with Gasteiger partial charge in [-0.15, -0.1) is 0 Å². The van der Waals surface area contributed by atoms with Crippen LogP contribution in [0, 0.1) is 22.0 Å². The van der Waals surface area contributed by atoms with Gasteiger partial charge in [0.2, 0.25) is 17.6 Å². The maximum Gasteiger partial charge on any atom is 0.353 e. The molecule has 1 aliphatic heterocycles. The largest absolute Gasteiger partial charge is 0.385 e. The number of ether oxygens (including phenoxy) is 1. The summed E-state index contributed by atoms with van der Waals surface area (Å²) in [4.78, 5) is 21.3. The second kappa shape index (κ2) is 8.09. The van der Waals surface area contributed by atoms with Crippen LogP contribution in [0.5, 0.6) is 0 Å². The number of nitro groups is 1. The molecule has 9 heteroatoms. The van der Waals surface area contributed by atoms with E-state index >= 15 is 0 Å². The van der Waals surface area contributed by atoms with Gasteiger partial charge in [0.25, 0.3) is 0 Å². The summed E-state index contributed by atoms with van der Waals surface area (Å²) in [5.74, 6) is 1.41. The molecule has 0 radical (unpaired) electrons. The average molecular weight is 338 g/mol. The van der Waals surface area contributed by atoms with E-state index in [9.17, 15) is 10.1 Å². The maximum atomic E-state index is 11.4. The molecule has 0 spiro atoms. The highest BCUT2D eigenvalue weighted by Gasteiger charge is 2.31. The van der Waals surface area contributed by atoms with E-state index in [4.69, 9.17) is 10.5 Å². The van der Waals surface area contributed by atoms with Crippen molar-refractivity contribution in [3.05, 3.63) is 10.1 Å². The van der Waals surface area contributed by atoms with Gasteiger partial charge in [-0.05, 0) is 24.7 Å². The van der Waals surface area contributed by atoms with E-state index in [-0.39, 0.29) is 11.5 Å². The van der Waals surface area contributed by atoms with Gasteiger partial charge in [-0.1, -0.05) is 13.8 Å². The number of nitrogens with one attached hydrogen (secondary N) is 1. The Balaban J connectivity index is 2.28. The fourth-order valence-electron chi connectivity index (χ4n) is 3.19. The Morgan fingerprint density at radius 2 is 2.04 bits per heavy atom. The van der Waals surface area contributed by atoms with Crippen LogP contribution in [0.4, 0.5) is 23.3 Å². The Morgan fingerprint density at radius 1 is 1.38 bits per heavy atom. The van der Waals surface area contributed by atoms with E-state index in [1.165, 1.54) is 0 Å². The number of hydrogen-bond acceptors (Lipinski definition) is 8. The molecule has 2 heterocycles. The molecule has 1 aromatic rings. The van der Waals surface area contributed by atoms with Crippen molar-refractivity contribution < 1.29 is 9.66 Å². The molecule has 2 atom stereocenters. The normalized spacial score (nSPS) is 20.9. The van der Waals surface area contributed by atoms with Crippen LogP contribution in [0.3, 0.4) is 0 Å². The highest BCUT2D eigenvalue weighted by molar-refractivity contribution is 5.71. The molecule has 0 amide bonds. The first-order valence-electron chi connectivity index (χ1n) is 8.22. The molecule has 1 aromatic heterocycles. The van der Waals surface area contributed by atoms with Crippen LogP contribution < -0.4 is 16.0 Å². The van der Waals surface area contributed by atoms with Crippen molar-refractivity contribution in [1.29, 1.82) is 0 Å². The summed E-state index contributed by atoms with van der Waals surface area (Å²) >= 11 is 0. The Morgan fingerprint density at radius 3 is 2.62 bits per heavy atom. The minimum atomic E-state index is -0.497. The third kappa shape index (κ3) is 4.44. The van der Waals surface area contributed by atoms with Gasteiger partial charge in [0, 0.05) is 33.4 Å². The zero-order valence-corrected chi connectivity index (χ0v) is 14.5. The minimum absolute atomic E-state index is 0.106. The number of rotatable bonds is 7. The second-order valence-corrected chi connectivity index (χ2v) is 6.49. The molecule has 1 fully saturated rings. The average Bonchev–Trinajstić information content (AvgIpc) is 2.49. The number of hydrogen-bond donors (Lipinski definition) is 2. The highest BCUT2D eigenvalue weighted by atomic mass is 16.6. The summed E-state index contributed by atoms with van der Waals surface area (Å²) in [7, 11) is 1.64. The molecular weight excluding hydrogens is 312 g/mol. The maximum absolute atomic E-state index is 11.4. The molecule has 0 saturated carbocycles. The van der Waals surface area contributed by atoms with Crippen LogP contribution in [0.1, 0.15) is 26.7 Å². The summed E-state index contributed by atoms with van der Waals surface area (Å²) in [5.41, 5.74) is 5.64. The van der Waals surface area contributed by atoms with Crippen LogP contribution in [0.15, 0.2) is 0 Å². The number of anilines is 3. The second-order valence-electron chi connectivity index (χ2n) is 6.49. The van der Waals surface area contributed by atoms with E-state index in [0.717, 1.165) is 25.9 Å². The van der Waals surface area contributed by atoms with Crippen molar-refractivity contribution >= 4 is 23.3 Å². The molecule has 0 bridgehead atoms. The Labute approximate surface area is 141 Å². The zero-order valence-electron chi connectivity index (χ0n) is 14.5. The number of nitrogen functional groups attached to an aromatic ring is 1. The SMILES string of the molecule is COCCCNc1nc(N)c([N+](=O)[O-])c(N2C[C@H](C)C[C@@H](C)C2)n1. The highest BCUT2D eigenvalue weighted by Crippen LogP contribution is 2.35. The molecule has 134 valence electrons. The summed E-state index contributed by atoms with van der Waals surface area (Å²) < 4.78 is 4.99. The van der Waals surface area contributed by atoms with Gasteiger partial charge in [-0.25, -0.2) is 0 Å². The molecule has 2 rings (SSSR count). The molecule has 24 heavy (non-hydrogen) atoms. The fourth-order valence-corrected chi connectivity index (χ4v) is 3.19. The van der Waals surface area contributed by atoms with Gasteiger partial charge < -0.3 is 20.7 Å². The number of nitrogens with two attached hydrogens (primary N) is 1. The van der Waals surface area contributed by atoms with Gasteiger partial charge >= 0.3 is 5.69 Å². The Bertz CT molecular complexity index is 573. The number of nitrogens with zero attached hydrogens (tertiary/aromatic N) is 4. The molecule has 3 N–H and O–H groups in total. The molecule has 0 aliphatic carbocycles. The third-order valence-electron chi connectivity index (χ3n) is 4.05. The van der Waals surface area contributed by atoms with Crippen molar-refractivity contribution in [3.8, 4) is 0 Å². The van der Waals surface area contributed by atoms with Crippen LogP contribution >= 0.6 is 0 Å². The van der Waals surface area contributed by atoms with Crippen LogP contribution in [-0.2, 0) is 4.74 Å². The van der Waals surface area contributed by atoms with Crippen molar-refractivity contribution in [2.75, 3.05) is 49.3 Å². The smallest absolute Gasteiger partial charge is 0.353 e. The van der Waals surface area contributed by atoms with E-state index in [1.54, 1.807) is 7.11 Å². The lowest BCUT2D eigenvalue weighted by molar-refractivity contribution is -0.383. The van der Waals surface area contributed by atoms with Gasteiger partial charge in [0.05, 0.1) is 4.92 Å². The van der Waals surface area contributed by atoms with Crippen molar-refractivity contribution in [1.82, 2.24) is 9.97 Å². The number of piperidine rings is 1. The third-order valence-corrected chi connectivity index (χ3v) is 4.05. The zero-order chi connectivity index (χ0) is 17.7. The quantitative estimate of drug-likeness (QED) is 0.439. The van der Waals surface area contributed by atoms with Gasteiger partial charge in [-0.2, -0.15) is 9.97 Å². The molecule has 9 nitrogen and oxygen atoms in total. The van der Waals surface area contributed by atoms with Crippen molar-refractivity contribution in [3.63, 3.8) is 0 Å². The van der Waals surface area contributed by atoms with Crippen LogP contribution in [-0.4, -0.2) is 48.2 Å². The molecule has 0 aromatic carbocycles. The van der Waals surface area contributed by atoms with Gasteiger partial charge in [0.1, 0.15) is 0 Å². The molecule has 0 unspecified atom stereocenters. The molecule has 1 aliphatic rings. The summed E-state index contributed by atoms with van der Waals surface area (Å²) in [6.07, 6.45) is 1.89. The summed E-state index contributed by atoms with van der Waals surface area (Å²) in [5, 5.41) is 14.5. The lowest BCUT2D eigenvalue weighted by Gasteiger charge is -2.35. The standard InChI is InChI=1S/C15H26N6O3/c1-10-7-11(2)9-20(8-10)14-12(21(22)23)13(16)18-15(19-14)17-5-4-6-24-3/h10-11H,4-9H2,1-3H3,(H3,16,17,18,19)/t10-,11-/m1/s1. The van der Waals surface area contributed by atoms with Crippen LogP contribution in [0.2, 0.25) is 0 Å². The first kappa shape index (κ1) is 18.2. The van der Waals surface area contributed by atoms with Crippen LogP contribution in [0.25, 0.3) is 0 Å². The van der Waals surface area contributed by atoms with Crippen molar-refractivity contribution in [2.24, 2.45) is 11.8 Å². The molecular formula is C15H26N6O3. The Kier molecular flexibility index (Phi) is 6.13. The van der Waals surface area contributed by atoms with Gasteiger partial charge in [-0.3, -0.25) is 10.1 Å². The lowest BCUT2D eigenvalue weighted by atomic mass is 9.92. The minimum Gasteiger partial charge on any atom is -0.385 e. The first-order valence-corrected chi connectivity index (χ1v) is 8.22. The van der Waals surface area contributed by atoms with E-state index in [1.807, 2.05) is 4.90 Å². The molecule has 1 saturated heterocycles. The summed E-state index contributed by atoms with van der Waals surface area (Å²) in [6, 6.07) is 0. The number of aromatic nitrogens is 2. The predicted molar refractivity (Wildman–Crippen MR) is 93.2 cm³/mol. The summed E-state index contributed by atoms with van der Waals surface area (Å²) in [6.45, 7) is 6.96. The topological polar surface area (TPSA) is 119 Å².